The molecule has 0 aliphatic heterocycles. The van der Waals surface area contributed by atoms with Gasteiger partial charge in [0.15, 0.2) is 0 Å². The lowest BCUT2D eigenvalue weighted by molar-refractivity contribution is 0.263. The molecule has 1 nitrogen and oxygen atoms in total. The van der Waals surface area contributed by atoms with Crippen molar-refractivity contribution >= 4 is 0 Å². The van der Waals surface area contributed by atoms with E-state index < -0.39 is 0 Å². The molecule has 1 aliphatic rings. The predicted molar refractivity (Wildman–Crippen MR) is 88.3 cm³/mol. The molecule has 1 heteroatoms. The first-order valence-electron chi connectivity index (χ1n) is 8.29. The maximum atomic E-state index is 3.56. The van der Waals surface area contributed by atoms with Crippen LogP contribution in [0.1, 0.15) is 70.4 Å². The van der Waals surface area contributed by atoms with Crippen molar-refractivity contribution < 1.29 is 0 Å². The highest BCUT2D eigenvalue weighted by Crippen LogP contribution is 2.40. The Kier molecular flexibility index (Phi) is 5.26. The first-order valence-corrected chi connectivity index (χ1v) is 8.29. The van der Waals surface area contributed by atoms with E-state index in [4.69, 9.17) is 0 Å². The summed E-state index contributed by atoms with van der Waals surface area (Å²) in [6.45, 7) is 10.5. The molecule has 1 aliphatic carbocycles. The van der Waals surface area contributed by atoms with Gasteiger partial charge in [0, 0.05) is 6.04 Å². The second-order valence-corrected chi connectivity index (χ2v) is 7.52. The highest BCUT2D eigenvalue weighted by atomic mass is 14.9. The number of rotatable bonds is 6. The zero-order valence-corrected chi connectivity index (χ0v) is 13.7. The van der Waals surface area contributed by atoms with Crippen molar-refractivity contribution in [2.24, 2.45) is 5.41 Å². The van der Waals surface area contributed by atoms with E-state index in [1.54, 1.807) is 11.1 Å². The van der Waals surface area contributed by atoms with Crippen LogP contribution in [0.4, 0.5) is 0 Å². The summed E-state index contributed by atoms with van der Waals surface area (Å²) in [5.41, 5.74) is 3.65. The SMILES string of the molecule is CC(C)NCCC(C)(C)CC1CCCc2ccccc21. The minimum atomic E-state index is 0.428. The van der Waals surface area contributed by atoms with Gasteiger partial charge in [-0.05, 0) is 61.1 Å². The maximum absolute atomic E-state index is 3.56. The van der Waals surface area contributed by atoms with Gasteiger partial charge in [0.1, 0.15) is 0 Å². The van der Waals surface area contributed by atoms with E-state index in [0.717, 1.165) is 12.5 Å². The summed E-state index contributed by atoms with van der Waals surface area (Å²) >= 11 is 0. The molecule has 112 valence electrons. The van der Waals surface area contributed by atoms with Gasteiger partial charge in [-0.1, -0.05) is 52.0 Å². The van der Waals surface area contributed by atoms with Crippen LogP contribution in [0, 0.1) is 5.41 Å². The van der Waals surface area contributed by atoms with Crippen LogP contribution in [-0.2, 0) is 6.42 Å². The molecule has 1 unspecified atom stereocenters. The van der Waals surface area contributed by atoms with Gasteiger partial charge in [-0.25, -0.2) is 0 Å². The monoisotopic (exact) mass is 273 g/mol. The Balaban J connectivity index is 1.96. The third kappa shape index (κ3) is 4.34. The van der Waals surface area contributed by atoms with Crippen LogP contribution in [0.15, 0.2) is 24.3 Å². The van der Waals surface area contributed by atoms with Crippen molar-refractivity contribution in [1.82, 2.24) is 5.32 Å². The van der Waals surface area contributed by atoms with Crippen molar-refractivity contribution in [2.75, 3.05) is 6.54 Å². The van der Waals surface area contributed by atoms with Crippen LogP contribution in [0.2, 0.25) is 0 Å². The number of hydrogen-bond donors (Lipinski definition) is 1. The molecular formula is C19H31N. The highest BCUT2D eigenvalue weighted by molar-refractivity contribution is 5.32. The molecule has 0 fully saturated rings. The molecule has 0 saturated carbocycles. The van der Waals surface area contributed by atoms with Crippen LogP contribution in [0.25, 0.3) is 0 Å². The van der Waals surface area contributed by atoms with Crippen molar-refractivity contribution in [1.29, 1.82) is 0 Å². The van der Waals surface area contributed by atoms with Crippen LogP contribution in [-0.4, -0.2) is 12.6 Å². The van der Waals surface area contributed by atoms with Gasteiger partial charge in [-0.3, -0.25) is 0 Å². The fraction of sp³-hybridized carbons (Fsp3) is 0.684. The molecule has 0 saturated heterocycles. The summed E-state index contributed by atoms with van der Waals surface area (Å²) < 4.78 is 0. The number of hydrogen-bond acceptors (Lipinski definition) is 1. The largest absolute Gasteiger partial charge is 0.315 e. The van der Waals surface area contributed by atoms with Crippen molar-refractivity contribution in [3.05, 3.63) is 35.4 Å². The van der Waals surface area contributed by atoms with E-state index in [9.17, 15) is 0 Å². The van der Waals surface area contributed by atoms with Gasteiger partial charge in [0.25, 0.3) is 0 Å². The molecule has 0 amide bonds. The quantitative estimate of drug-likeness (QED) is 0.776. The molecule has 1 aromatic rings. The Morgan fingerprint density at radius 1 is 1.25 bits per heavy atom. The molecule has 0 spiro atoms. The third-order valence-corrected chi connectivity index (χ3v) is 4.65. The lowest BCUT2D eigenvalue weighted by atomic mass is 9.72. The molecular weight excluding hydrogens is 242 g/mol. The van der Waals surface area contributed by atoms with Gasteiger partial charge in [0.05, 0.1) is 0 Å². The zero-order chi connectivity index (χ0) is 14.6. The Morgan fingerprint density at radius 2 is 2.00 bits per heavy atom. The smallest absolute Gasteiger partial charge is 0.00103 e. The van der Waals surface area contributed by atoms with E-state index in [0.29, 0.717) is 11.5 Å². The molecule has 1 aromatic carbocycles. The van der Waals surface area contributed by atoms with E-state index in [1.807, 2.05) is 0 Å². The predicted octanol–water partition coefficient (Wildman–Crippen LogP) is 4.91. The number of aryl methyl sites for hydroxylation is 1. The summed E-state index contributed by atoms with van der Waals surface area (Å²) in [6.07, 6.45) is 6.61. The lowest BCUT2D eigenvalue weighted by Gasteiger charge is -2.33. The minimum absolute atomic E-state index is 0.428. The Hall–Kier alpha value is -0.820. The summed E-state index contributed by atoms with van der Waals surface area (Å²) in [6, 6.07) is 9.70. The summed E-state index contributed by atoms with van der Waals surface area (Å²) in [5, 5.41) is 3.56. The van der Waals surface area contributed by atoms with Gasteiger partial charge >= 0.3 is 0 Å². The number of nitrogens with one attached hydrogen (secondary N) is 1. The average Bonchev–Trinajstić information content (AvgIpc) is 2.38. The second kappa shape index (κ2) is 6.76. The van der Waals surface area contributed by atoms with Crippen LogP contribution in [0.3, 0.4) is 0 Å². The minimum Gasteiger partial charge on any atom is -0.315 e. The van der Waals surface area contributed by atoms with Gasteiger partial charge in [-0.15, -0.1) is 0 Å². The van der Waals surface area contributed by atoms with Gasteiger partial charge in [-0.2, -0.15) is 0 Å². The highest BCUT2D eigenvalue weighted by Gasteiger charge is 2.27. The fourth-order valence-corrected chi connectivity index (χ4v) is 3.53. The first kappa shape index (κ1) is 15.6. The zero-order valence-electron chi connectivity index (χ0n) is 13.7. The lowest BCUT2D eigenvalue weighted by Crippen LogP contribution is -2.29. The number of benzene rings is 1. The van der Waals surface area contributed by atoms with Gasteiger partial charge in [0.2, 0.25) is 0 Å². The molecule has 1 atom stereocenters. The van der Waals surface area contributed by atoms with Crippen molar-refractivity contribution in [3.63, 3.8) is 0 Å². The maximum Gasteiger partial charge on any atom is 0.00103 e. The Bertz CT molecular complexity index is 420. The molecule has 0 aromatic heterocycles. The molecule has 2 rings (SSSR count). The fourth-order valence-electron chi connectivity index (χ4n) is 3.53. The van der Waals surface area contributed by atoms with E-state index in [1.165, 1.54) is 32.1 Å². The molecule has 20 heavy (non-hydrogen) atoms. The molecule has 0 radical (unpaired) electrons. The van der Waals surface area contributed by atoms with Crippen LogP contribution < -0.4 is 5.32 Å². The average molecular weight is 273 g/mol. The van der Waals surface area contributed by atoms with E-state index in [2.05, 4.69) is 57.3 Å². The first-order chi connectivity index (χ1) is 9.48. The standard InChI is InChI=1S/C19H31N/c1-15(2)20-13-12-19(3,4)14-17-10-7-9-16-8-5-6-11-18(16)17/h5-6,8,11,15,17,20H,7,9-10,12-14H2,1-4H3. The summed E-state index contributed by atoms with van der Waals surface area (Å²) in [5.74, 6) is 0.772. The Labute approximate surface area is 125 Å². The second-order valence-electron chi connectivity index (χ2n) is 7.52. The normalized spacial score (nSPS) is 19.1. The summed E-state index contributed by atoms with van der Waals surface area (Å²) in [7, 11) is 0. The van der Waals surface area contributed by atoms with E-state index >= 15 is 0 Å². The van der Waals surface area contributed by atoms with E-state index in [-0.39, 0.29) is 0 Å². The van der Waals surface area contributed by atoms with Crippen molar-refractivity contribution in [3.8, 4) is 0 Å². The van der Waals surface area contributed by atoms with Gasteiger partial charge < -0.3 is 5.32 Å². The van der Waals surface area contributed by atoms with Crippen LogP contribution in [0.5, 0.6) is 0 Å². The molecule has 1 N–H and O–H groups in total. The topological polar surface area (TPSA) is 12.0 Å². The molecule has 0 heterocycles. The van der Waals surface area contributed by atoms with Crippen molar-refractivity contribution in [2.45, 2.75) is 71.8 Å². The number of fused-ring (bicyclic) bond motifs is 1. The summed E-state index contributed by atoms with van der Waals surface area (Å²) in [4.78, 5) is 0. The Morgan fingerprint density at radius 3 is 2.75 bits per heavy atom. The third-order valence-electron chi connectivity index (χ3n) is 4.65. The molecule has 0 bridgehead atoms. The van der Waals surface area contributed by atoms with Crippen LogP contribution >= 0.6 is 0 Å².